The van der Waals surface area contributed by atoms with Crippen molar-refractivity contribution in [2.24, 2.45) is 0 Å². The average molecular weight is 290 g/mol. The lowest BCUT2D eigenvalue weighted by atomic mass is 10.0. The number of aryl methyl sites for hydroxylation is 2. The smallest absolute Gasteiger partial charge is 0.116 e. The first-order valence-electron chi connectivity index (χ1n) is 8.19. The summed E-state index contributed by atoms with van der Waals surface area (Å²) in [6.45, 7) is 15.5. The molecule has 1 heterocycles. The summed E-state index contributed by atoms with van der Waals surface area (Å²) in [6, 6.07) is 5.05. The van der Waals surface area contributed by atoms with E-state index in [4.69, 9.17) is 0 Å². The summed E-state index contributed by atoms with van der Waals surface area (Å²) < 4.78 is 0. The van der Waals surface area contributed by atoms with E-state index in [2.05, 4.69) is 44.4 Å². The van der Waals surface area contributed by atoms with Gasteiger partial charge in [0.05, 0.1) is 0 Å². The highest BCUT2D eigenvalue weighted by Gasteiger charge is 2.27. The van der Waals surface area contributed by atoms with E-state index in [-0.39, 0.29) is 0 Å². The van der Waals surface area contributed by atoms with E-state index in [1.807, 2.05) is 12.1 Å². The number of phenols is 1. The van der Waals surface area contributed by atoms with Gasteiger partial charge >= 0.3 is 0 Å². The van der Waals surface area contributed by atoms with Crippen LogP contribution in [-0.2, 0) is 6.54 Å². The maximum absolute atomic E-state index is 9.68. The minimum Gasteiger partial charge on any atom is -0.508 e. The van der Waals surface area contributed by atoms with Crippen LogP contribution in [0.25, 0.3) is 0 Å². The van der Waals surface area contributed by atoms with Gasteiger partial charge in [0.15, 0.2) is 0 Å². The Kier molecular flexibility index (Phi) is 5.28. The van der Waals surface area contributed by atoms with E-state index in [9.17, 15) is 5.11 Å². The van der Waals surface area contributed by atoms with Crippen LogP contribution in [0.5, 0.6) is 5.75 Å². The molecular formula is C18H30N2O. The van der Waals surface area contributed by atoms with Crippen LogP contribution in [0.2, 0.25) is 0 Å². The number of phenolic OH excluding ortho intramolecular Hbond substituents is 1. The van der Waals surface area contributed by atoms with Gasteiger partial charge in [0.25, 0.3) is 0 Å². The number of benzene rings is 1. The van der Waals surface area contributed by atoms with Crippen LogP contribution in [0, 0.1) is 13.8 Å². The summed E-state index contributed by atoms with van der Waals surface area (Å²) in [5.74, 6) is 0.379. The molecule has 0 aliphatic carbocycles. The maximum atomic E-state index is 9.68. The summed E-state index contributed by atoms with van der Waals surface area (Å²) in [5, 5.41) is 9.68. The van der Waals surface area contributed by atoms with Gasteiger partial charge in [0, 0.05) is 38.3 Å². The molecule has 3 heteroatoms. The molecule has 118 valence electrons. The van der Waals surface area contributed by atoms with Crippen LogP contribution in [0.3, 0.4) is 0 Å². The van der Waals surface area contributed by atoms with Crippen LogP contribution in [0.4, 0.5) is 0 Å². The topological polar surface area (TPSA) is 26.7 Å². The third kappa shape index (κ3) is 3.78. The molecule has 3 nitrogen and oxygen atoms in total. The lowest BCUT2D eigenvalue weighted by molar-refractivity contribution is 0.0455. The highest BCUT2D eigenvalue weighted by atomic mass is 16.3. The Bertz CT molecular complexity index is 461. The van der Waals surface area contributed by atoms with Gasteiger partial charge in [-0.05, 0) is 62.9 Å². The van der Waals surface area contributed by atoms with E-state index in [1.54, 1.807) is 0 Å². The number of hydrogen-bond donors (Lipinski definition) is 1. The second kappa shape index (κ2) is 6.80. The van der Waals surface area contributed by atoms with E-state index < -0.39 is 0 Å². The van der Waals surface area contributed by atoms with E-state index in [0.29, 0.717) is 17.8 Å². The molecule has 1 aliphatic heterocycles. The standard InChI is InChI=1S/C18H30N2O/c1-6-16-11-19(7-8-20(16)13(2)3)12-18-14(4)9-17(21)10-15(18)5/h9-10,13,16,21H,6-8,11-12H2,1-5H3/t16-/m1/s1. The van der Waals surface area contributed by atoms with Crippen LogP contribution < -0.4 is 0 Å². The number of piperazine rings is 1. The average Bonchev–Trinajstić information content (AvgIpc) is 2.42. The molecule has 0 unspecified atom stereocenters. The lowest BCUT2D eigenvalue weighted by Gasteiger charge is -2.43. The van der Waals surface area contributed by atoms with E-state index in [1.165, 1.54) is 23.1 Å². The predicted molar refractivity (Wildman–Crippen MR) is 88.8 cm³/mol. The molecule has 0 radical (unpaired) electrons. The van der Waals surface area contributed by atoms with Crippen molar-refractivity contribution in [2.75, 3.05) is 19.6 Å². The van der Waals surface area contributed by atoms with Crippen molar-refractivity contribution in [1.82, 2.24) is 9.80 Å². The summed E-state index contributed by atoms with van der Waals surface area (Å²) >= 11 is 0. The molecule has 1 aromatic rings. The van der Waals surface area contributed by atoms with Crippen molar-refractivity contribution in [3.63, 3.8) is 0 Å². The van der Waals surface area contributed by atoms with Crippen LogP contribution in [0.15, 0.2) is 12.1 Å². The normalized spacial score (nSPS) is 21.1. The molecule has 2 rings (SSSR count). The zero-order valence-corrected chi connectivity index (χ0v) is 14.2. The third-order valence-electron chi connectivity index (χ3n) is 4.81. The Balaban J connectivity index is 2.08. The highest BCUT2D eigenvalue weighted by molar-refractivity contribution is 5.40. The first kappa shape index (κ1) is 16.3. The number of aromatic hydroxyl groups is 1. The Hall–Kier alpha value is -1.06. The summed E-state index contributed by atoms with van der Waals surface area (Å²) in [6.07, 6.45) is 1.21. The van der Waals surface area contributed by atoms with Crippen molar-refractivity contribution in [3.05, 3.63) is 28.8 Å². The SMILES string of the molecule is CC[C@@H]1CN(Cc2c(C)cc(O)cc2C)CCN1C(C)C. The van der Waals surface area contributed by atoms with Crippen molar-refractivity contribution in [2.45, 2.75) is 59.7 Å². The van der Waals surface area contributed by atoms with E-state index in [0.717, 1.165) is 26.2 Å². The van der Waals surface area contributed by atoms with Gasteiger partial charge in [-0.1, -0.05) is 6.92 Å². The van der Waals surface area contributed by atoms with Crippen LogP contribution in [0.1, 0.15) is 43.9 Å². The Morgan fingerprint density at radius 1 is 1.19 bits per heavy atom. The molecule has 0 spiro atoms. The fourth-order valence-corrected chi connectivity index (χ4v) is 3.56. The second-order valence-electron chi connectivity index (χ2n) is 6.69. The van der Waals surface area contributed by atoms with Crippen molar-refractivity contribution in [1.29, 1.82) is 0 Å². The minimum atomic E-state index is 0.379. The number of hydrogen-bond acceptors (Lipinski definition) is 3. The largest absolute Gasteiger partial charge is 0.508 e. The summed E-state index contributed by atoms with van der Waals surface area (Å²) in [4.78, 5) is 5.20. The molecule has 1 saturated heterocycles. The number of rotatable bonds is 4. The molecule has 1 aliphatic rings. The molecule has 0 aromatic heterocycles. The lowest BCUT2D eigenvalue weighted by Crippen LogP contribution is -2.54. The molecule has 0 saturated carbocycles. The second-order valence-corrected chi connectivity index (χ2v) is 6.69. The minimum absolute atomic E-state index is 0.379. The zero-order chi connectivity index (χ0) is 15.6. The van der Waals surface area contributed by atoms with Gasteiger partial charge in [0.1, 0.15) is 5.75 Å². The first-order chi connectivity index (χ1) is 9.92. The zero-order valence-electron chi connectivity index (χ0n) is 14.2. The van der Waals surface area contributed by atoms with E-state index >= 15 is 0 Å². The predicted octanol–water partition coefficient (Wildman–Crippen LogP) is 3.31. The van der Waals surface area contributed by atoms with Gasteiger partial charge in [-0.2, -0.15) is 0 Å². The van der Waals surface area contributed by atoms with Crippen molar-refractivity contribution in [3.8, 4) is 5.75 Å². The highest BCUT2D eigenvalue weighted by Crippen LogP contribution is 2.24. The molecular weight excluding hydrogens is 260 g/mol. The van der Waals surface area contributed by atoms with Gasteiger partial charge in [-0.3, -0.25) is 9.80 Å². The van der Waals surface area contributed by atoms with Crippen LogP contribution in [-0.4, -0.2) is 46.6 Å². The Labute approximate surface area is 129 Å². The fraction of sp³-hybridized carbons (Fsp3) is 0.667. The monoisotopic (exact) mass is 290 g/mol. The van der Waals surface area contributed by atoms with Crippen molar-refractivity contribution >= 4 is 0 Å². The molecule has 1 aromatic carbocycles. The maximum Gasteiger partial charge on any atom is 0.116 e. The van der Waals surface area contributed by atoms with Crippen molar-refractivity contribution < 1.29 is 5.11 Å². The van der Waals surface area contributed by atoms with Gasteiger partial charge in [0.2, 0.25) is 0 Å². The molecule has 1 atom stereocenters. The van der Waals surface area contributed by atoms with Gasteiger partial charge in [-0.15, -0.1) is 0 Å². The van der Waals surface area contributed by atoms with Gasteiger partial charge < -0.3 is 5.11 Å². The Morgan fingerprint density at radius 2 is 1.81 bits per heavy atom. The summed E-state index contributed by atoms with van der Waals surface area (Å²) in [5.41, 5.74) is 3.78. The third-order valence-corrected chi connectivity index (χ3v) is 4.81. The molecule has 0 amide bonds. The molecule has 1 N–H and O–H groups in total. The quantitative estimate of drug-likeness (QED) is 0.921. The summed E-state index contributed by atoms with van der Waals surface area (Å²) in [7, 11) is 0. The molecule has 1 fully saturated rings. The Morgan fingerprint density at radius 3 is 2.33 bits per heavy atom. The van der Waals surface area contributed by atoms with Gasteiger partial charge in [-0.25, -0.2) is 0 Å². The molecule has 0 bridgehead atoms. The molecule has 21 heavy (non-hydrogen) atoms. The van der Waals surface area contributed by atoms with Crippen LogP contribution >= 0.6 is 0 Å². The fourth-order valence-electron chi connectivity index (χ4n) is 3.56. The number of nitrogens with zero attached hydrogens (tertiary/aromatic N) is 2. The first-order valence-corrected chi connectivity index (χ1v) is 8.19.